The van der Waals surface area contributed by atoms with Gasteiger partial charge in [0.05, 0.1) is 25.7 Å². The lowest BCUT2D eigenvalue weighted by Crippen LogP contribution is -2.48. The number of carbonyl (C=O) groups excluding carboxylic acids is 1. The Balaban J connectivity index is 1.69. The van der Waals surface area contributed by atoms with Gasteiger partial charge in [-0.15, -0.1) is 0 Å². The van der Waals surface area contributed by atoms with Gasteiger partial charge in [0.15, 0.2) is 0 Å². The van der Waals surface area contributed by atoms with Crippen molar-refractivity contribution in [3.8, 4) is 5.75 Å². The van der Waals surface area contributed by atoms with Gasteiger partial charge in [0.25, 0.3) is 0 Å². The van der Waals surface area contributed by atoms with Crippen LogP contribution in [0.2, 0.25) is 0 Å². The number of hydrogen-bond donors (Lipinski definition) is 3. The van der Waals surface area contributed by atoms with Gasteiger partial charge >= 0.3 is 7.12 Å². The molecule has 26 heavy (non-hydrogen) atoms. The predicted octanol–water partition coefficient (Wildman–Crippen LogP) is 1.72. The maximum atomic E-state index is 12.3. The molecule has 0 bridgehead atoms. The van der Waals surface area contributed by atoms with E-state index in [0.29, 0.717) is 5.75 Å². The average Bonchev–Trinajstić information content (AvgIpc) is 3.04. The summed E-state index contributed by atoms with van der Waals surface area (Å²) in [4.78, 5) is 12.3. The molecule has 2 aromatic carbocycles. The minimum absolute atomic E-state index is 0.118. The molecule has 0 saturated heterocycles. The fourth-order valence-corrected chi connectivity index (χ4v) is 2.88. The van der Waals surface area contributed by atoms with E-state index in [-0.39, 0.29) is 18.7 Å². The minimum Gasteiger partial charge on any atom is -0.497 e. The highest BCUT2D eigenvalue weighted by atomic mass is 16.5. The molecular weight excluding hydrogens is 333 g/mol. The molecule has 1 aromatic heterocycles. The molecule has 0 fully saturated rings. The molecule has 1 atom stereocenters. The van der Waals surface area contributed by atoms with Crippen LogP contribution in [0.1, 0.15) is 11.1 Å². The Hall–Kier alpha value is -2.77. The molecule has 0 saturated carbocycles. The Labute approximate surface area is 151 Å². The SMILES string of the molecule is COc1cccc(CC(=O)NC(Cc2coc3ccccc23)B(O)O)c1. The summed E-state index contributed by atoms with van der Waals surface area (Å²) in [6.07, 6.45) is 1.94. The number of hydrogen-bond acceptors (Lipinski definition) is 5. The fraction of sp³-hybridized carbons (Fsp3) is 0.211. The summed E-state index contributed by atoms with van der Waals surface area (Å²) in [6, 6.07) is 14.7. The first-order valence-electron chi connectivity index (χ1n) is 8.30. The Kier molecular flexibility index (Phi) is 5.60. The third-order valence-electron chi connectivity index (χ3n) is 4.21. The molecule has 1 heterocycles. The molecule has 3 aromatic rings. The van der Waals surface area contributed by atoms with Gasteiger partial charge in [0.2, 0.25) is 5.91 Å². The molecular formula is C19H20BNO5. The number of nitrogens with one attached hydrogen (secondary N) is 1. The minimum atomic E-state index is -1.68. The molecule has 0 aliphatic rings. The second-order valence-electron chi connectivity index (χ2n) is 6.08. The second kappa shape index (κ2) is 8.08. The number of rotatable bonds is 7. The zero-order valence-electron chi connectivity index (χ0n) is 14.4. The third-order valence-corrected chi connectivity index (χ3v) is 4.21. The van der Waals surface area contributed by atoms with Crippen molar-refractivity contribution in [2.45, 2.75) is 18.8 Å². The van der Waals surface area contributed by atoms with Gasteiger partial charge in [-0.25, -0.2) is 0 Å². The van der Waals surface area contributed by atoms with Crippen molar-refractivity contribution >= 4 is 24.0 Å². The number of amides is 1. The largest absolute Gasteiger partial charge is 0.497 e. The Bertz CT molecular complexity index is 892. The lowest BCUT2D eigenvalue weighted by atomic mass is 9.75. The average molecular weight is 353 g/mol. The molecule has 0 spiro atoms. The van der Waals surface area contributed by atoms with Crippen molar-refractivity contribution in [3.63, 3.8) is 0 Å². The van der Waals surface area contributed by atoms with E-state index in [2.05, 4.69) is 5.32 Å². The zero-order chi connectivity index (χ0) is 18.5. The third kappa shape index (κ3) is 4.25. The quantitative estimate of drug-likeness (QED) is 0.563. The standard InChI is InChI=1S/C19H20BNO5/c1-25-15-6-4-5-13(9-15)10-19(22)21-18(20(23)24)11-14-12-26-17-8-3-2-7-16(14)17/h2-9,12,18,23-24H,10-11H2,1H3,(H,21,22). The van der Waals surface area contributed by atoms with Gasteiger partial charge in [-0.05, 0) is 35.7 Å². The highest BCUT2D eigenvalue weighted by molar-refractivity contribution is 6.43. The van der Waals surface area contributed by atoms with Crippen LogP contribution < -0.4 is 10.1 Å². The van der Waals surface area contributed by atoms with E-state index in [9.17, 15) is 14.8 Å². The smallest absolute Gasteiger partial charge is 0.475 e. The highest BCUT2D eigenvalue weighted by Gasteiger charge is 2.27. The van der Waals surface area contributed by atoms with Crippen molar-refractivity contribution in [2.24, 2.45) is 0 Å². The molecule has 3 rings (SSSR count). The van der Waals surface area contributed by atoms with E-state index in [1.165, 1.54) is 0 Å². The second-order valence-corrected chi connectivity index (χ2v) is 6.08. The predicted molar refractivity (Wildman–Crippen MR) is 98.7 cm³/mol. The molecule has 1 amide bonds. The summed E-state index contributed by atoms with van der Waals surface area (Å²) in [5.41, 5.74) is 2.30. The van der Waals surface area contributed by atoms with E-state index in [0.717, 1.165) is 22.1 Å². The molecule has 3 N–H and O–H groups in total. The first kappa shape index (κ1) is 18.0. The van der Waals surface area contributed by atoms with Crippen LogP contribution in [0.15, 0.2) is 59.2 Å². The first-order chi connectivity index (χ1) is 12.6. The Morgan fingerprint density at radius 2 is 2.04 bits per heavy atom. The van der Waals surface area contributed by atoms with E-state index >= 15 is 0 Å². The summed E-state index contributed by atoms with van der Waals surface area (Å²) < 4.78 is 10.6. The lowest BCUT2D eigenvalue weighted by Gasteiger charge is -2.17. The number of carbonyl (C=O) groups is 1. The van der Waals surface area contributed by atoms with E-state index in [1.807, 2.05) is 30.3 Å². The fourth-order valence-electron chi connectivity index (χ4n) is 2.88. The highest BCUT2D eigenvalue weighted by Crippen LogP contribution is 2.22. The maximum absolute atomic E-state index is 12.3. The van der Waals surface area contributed by atoms with E-state index < -0.39 is 13.1 Å². The summed E-state index contributed by atoms with van der Waals surface area (Å²) in [6.45, 7) is 0. The number of furan rings is 1. The summed E-state index contributed by atoms with van der Waals surface area (Å²) in [5, 5.41) is 22.9. The number of methoxy groups -OCH3 is 1. The molecule has 0 radical (unpaired) electrons. The van der Waals surface area contributed by atoms with E-state index in [4.69, 9.17) is 9.15 Å². The van der Waals surface area contributed by atoms with Crippen molar-refractivity contribution in [1.82, 2.24) is 5.32 Å². The van der Waals surface area contributed by atoms with Crippen LogP contribution in [0.3, 0.4) is 0 Å². The Morgan fingerprint density at radius 1 is 1.23 bits per heavy atom. The van der Waals surface area contributed by atoms with Gasteiger partial charge < -0.3 is 24.5 Å². The lowest BCUT2D eigenvalue weighted by molar-refractivity contribution is -0.120. The van der Waals surface area contributed by atoms with E-state index in [1.54, 1.807) is 31.6 Å². The maximum Gasteiger partial charge on any atom is 0.475 e. The molecule has 7 heteroatoms. The monoisotopic (exact) mass is 353 g/mol. The molecule has 6 nitrogen and oxygen atoms in total. The topological polar surface area (TPSA) is 91.9 Å². The van der Waals surface area contributed by atoms with Crippen LogP contribution >= 0.6 is 0 Å². The molecule has 0 aliphatic carbocycles. The van der Waals surface area contributed by atoms with Crippen LogP contribution in [0.5, 0.6) is 5.75 Å². The van der Waals surface area contributed by atoms with Gasteiger partial charge in [0.1, 0.15) is 11.3 Å². The van der Waals surface area contributed by atoms with Crippen molar-refractivity contribution < 1.29 is 24.0 Å². The summed E-state index contributed by atoms with van der Waals surface area (Å²) in [5.74, 6) is -0.475. The number of ether oxygens (including phenoxy) is 1. The molecule has 0 aliphatic heterocycles. The summed E-state index contributed by atoms with van der Waals surface area (Å²) in [7, 11) is -0.120. The molecule has 134 valence electrons. The zero-order valence-corrected chi connectivity index (χ0v) is 14.4. The number of para-hydroxylation sites is 1. The first-order valence-corrected chi connectivity index (χ1v) is 8.30. The van der Waals surface area contributed by atoms with Crippen molar-refractivity contribution in [2.75, 3.05) is 7.11 Å². The van der Waals surface area contributed by atoms with Gasteiger partial charge in [-0.2, -0.15) is 0 Å². The number of benzene rings is 2. The van der Waals surface area contributed by atoms with Crippen LogP contribution in [0.4, 0.5) is 0 Å². The van der Waals surface area contributed by atoms with Gasteiger partial charge in [-0.1, -0.05) is 30.3 Å². The van der Waals surface area contributed by atoms with Crippen molar-refractivity contribution in [1.29, 1.82) is 0 Å². The van der Waals surface area contributed by atoms with Crippen LogP contribution in [-0.2, 0) is 17.6 Å². The summed E-state index contributed by atoms with van der Waals surface area (Å²) >= 11 is 0. The van der Waals surface area contributed by atoms with Crippen LogP contribution in [0, 0.1) is 0 Å². The van der Waals surface area contributed by atoms with Crippen molar-refractivity contribution in [3.05, 3.63) is 65.9 Å². The normalized spacial score (nSPS) is 12.0. The number of fused-ring (bicyclic) bond motifs is 1. The molecule has 1 unspecified atom stereocenters. The van der Waals surface area contributed by atoms with Crippen LogP contribution in [-0.4, -0.2) is 36.1 Å². The van der Waals surface area contributed by atoms with Gasteiger partial charge in [0, 0.05) is 5.39 Å². The van der Waals surface area contributed by atoms with Gasteiger partial charge in [-0.3, -0.25) is 4.79 Å². The Morgan fingerprint density at radius 3 is 2.81 bits per heavy atom. The van der Waals surface area contributed by atoms with Crippen LogP contribution in [0.25, 0.3) is 11.0 Å².